The molecule has 0 heterocycles. The predicted octanol–water partition coefficient (Wildman–Crippen LogP) is 2.20. The Morgan fingerprint density at radius 3 is 2.73 bits per heavy atom. The first-order chi connectivity index (χ1) is 5.26. The third-order valence-electron chi connectivity index (χ3n) is 3.94. The van der Waals surface area contributed by atoms with Crippen LogP contribution in [0.3, 0.4) is 0 Å². The second-order valence-corrected chi connectivity index (χ2v) is 4.66. The number of rotatable bonds is 2. The van der Waals surface area contributed by atoms with Gasteiger partial charge in [-0.1, -0.05) is 6.92 Å². The zero-order valence-corrected chi connectivity index (χ0v) is 7.34. The zero-order chi connectivity index (χ0) is 7.90. The van der Waals surface area contributed by atoms with E-state index in [-0.39, 0.29) is 0 Å². The van der Waals surface area contributed by atoms with Gasteiger partial charge >= 0.3 is 0 Å². The smallest absolute Gasteiger partial charge is 0.0436 e. The quantitative estimate of drug-likeness (QED) is 0.646. The average molecular weight is 154 g/mol. The summed E-state index contributed by atoms with van der Waals surface area (Å²) in [6.45, 7) is 2.78. The molecule has 0 aromatic heterocycles. The molecule has 2 bridgehead atoms. The van der Waals surface area contributed by atoms with Gasteiger partial charge in [0, 0.05) is 6.61 Å². The Hall–Kier alpha value is -0.0400. The minimum atomic E-state index is 0.402. The molecule has 2 rings (SSSR count). The van der Waals surface area contributed by atoms with Crippen molar-refractivity contribution in [1.82, 2.24) is 0 Å². The highest BCUT2D eigenvalue weighted by Crippen LogP contribution is 2.58. The minimum absolute atomic E-state index is 0.402. The summed E-state index contributed by atoms with van der Waals surface area (Å²) < 4.78 is 0. The van der Waals surface area contributed by atoms with Crippen molar-refractivity contribution < 1.29 is 5.11 Å². The first-order valence-electron chi connectivity index (χ1n) is 4.87. The van der Waals surface area contributed by atoms with Gasteiger partial charge < -0.3 is 5.11 Å². The maximum Gasteiger partial charge on any atom is 0.0436 e. The Labute approximate surface area is 68.8 Å². The van der Waals surface area contributed by atoms with Gasteiger partial charge in [-0.3, -0.25) is 0 Å². The summed E-state index contributed by atoms with van der Waals surface area (Å²) in [4.78, 5) is 0. The maximum absolute atomic E-state index is 8.93. The Morgan fingerprint density at radius 1 is 1.45 bits per heavy atom. The summed E-state index contributed by atoms with van der Waals surface area (Å²) in [5, 5.41) is 8.93. The lowest BCUT2D eigenvalue weighted by molar-refractivity contribution is 0.174. The summed E-state index contributed by atoms with van der Waals surface area (Å²) in [6, 6.07) is 0. The van der Waals surface area contributed by atoms with E-state index in [9.17, 15) is 0 Å². The maximum atomic E-state index is 8.93. The summed E-state index contributed by atoms with van der Waals surface area (Å²) in [5.74, 6) is 1.94. The topological polar surface area (TPSA) is 20.2 Å². The van der Waals surface area contributed by atoms with Crippen LogP contribution in [0, 0.1) is 17.3 Å². The predicted molar refractivity (Wildman–Crippen MR) is 45.3 cm³/mol. The molecule has 3 atom stereocenters. The molecule has 2 aliphatic carbocycles. The lowest BCUT2D eigenvalue weighted by atomic mass is 9.78. The van der Waals surface area contributed by atoms with Crippen LogP contribution in [-0.4, -0.2) is 11.7 Å². The van der Waals surface area contributed by atoms with Crippen LogP contribution < -0.4 is 0 Å². The lowest BCUT2D eigenvalue weighted by Crippen LogP contribution is -2.18. The number of fused-ring (bicyclic) bond motifs is 2. The number of aliphatic hydroxyl groups excluding tert-OH is 1. The van der Waals surface area contributed by atoms with Crippen LogP contribution in [0.15, 0.2) is 0 Å². The Bertz CT molecular complexity index is 151. The standard InChI is InChI=1S/C10H18O/c1-8-6-10(4-5-11)3-2-9(8)7-10/h8-9,11H,2-7H2,1H3. The number of hydrogen-bond acceptors (Lipinski definition) is 1. The fourth-order valence-electron chi connectivity index (χ4n) is 3.34. The van der Waals surface area contributed by atoms with Crippen molar-refractivity contribution in [3.8, 4) is 0 Å². The van der Waals surface area contributed by atoms with E-state index in [0.29, 0.717) is 12.0 Å². The van der Waals surface area contributed by atoms with E-state index in [0.717, 1.165) is 18.3 Å². The molecule has 1 N–H and O–H groups in total. The van der Waals surface area contributed by atoms with Crippen molar-refractivity contribution in [2.45, 2.75) is 39.0 Å². The highest BCUT2D eigenvalue weighted by molar-refractivity contribution is 4.98. The Kier molecular flexibility index (Phi) is 1.71. The van der Waals surface area contributed by atoms with Crippen molar-refractivity contribution in [1.29, 1.82) is 0 Å². The highest BCUT2D eigenvalue weighted by Gasteiger charge is 2.47. The molecule has 1 nitrogen and oxygen atoms in total. The van der Waals surface area contributed by atoms with Crippen molar-refractivity contribution in [2.75, 3.05) is 6.61 Å². The summed E-state index contributed by atoms with van der Waals surface area (Å²) in [5.41, 5.74) is 0.582. The van der Waals surface area contributed by atoms with E-state index >= 15 is 0 Å². The van der Waals surface area contributed by atoms with Crippen molar-refractivity contribution in [2.24, 2.45) is 17.3 Å². The third kappa shape index (κ3) is 1.10. The fraction of sp³-hybridized carbons (Fsp3) is 1.00. The van der Waals surface area contributed by atoms with Crippen molar-refractivity contribution >= 4 is 0 Å². The van der Waals surface area contributed by atoms with E-state index in [1.807, 2.05) is 0 Å². The van der Waals surface area contributed by atoms with E-state index in [4.69, 9.17) is 5.11 Å². The van der Waals surface area contributed by atoms with Gasteiger partial charge in [-0.15, -0.1) is 0 Å². The van der Waals surface area contributed by atoms with Gasteiger partial charge in [0.05, 0.1) is 0 Å². The minimum Gasteiger partial charge on any atom is -0.396 e. The molecular weight excluding hydrogens is 136 g/mol. The monoisotopic (exact) mass is 154 g/mol. The summed E-state index contributed by atoms with van der Waals surface area (Å²) in [6.07, 6.45) is 6.69. The molecule has 0 aromatic carbocycles. The van der Waals surface area contributed by atoms with Gasteiger partial charge in [0.25, 0.3) is 0 Å². The van der Waals surface area contributed by atoms with Gasteiger partial charge in [0.1, 0.15) is 0 Å². The molecule has 2 saturated carbocycles. The van der Waals surface area contributed by atoms with Crippen LogP contribution in [0.4, 0.5) is 0 Å². The van der Waals surface area contributed by atoms with E-state index in [2.05, 4.69) is 6.92 Å². The molecular formula is C10H18O. The average Bonchev–Trinajstić information content (AvgIpc) is 2.44. The molecule has 0 spiro atoms. The fourth-order valence-corrected chi connectivity index (χ4v) is 3.34. The molecule has 0 amide bonds. The summed E-state index contributed by atoms with van der Waals surface area (Å²) >= 11 is 0. The van der Waals surface area contributed by atoms with Gasteiger partial charge in [-0.2, -0.15) is 0 Å². The van der Waals surface area contributed by atoms with E-state index in [1.54, 1.807) is 0 Å². The van der Waals surface area contributed by atoms with Crippen LogP contribution in [0.25, 0.3) is 0 Å². The first-order valence-corrected chi connectivity index (χ1v) is 4.87. The molecule has 0 aliphatic heterocycles. The van der Waals surface area contributed by atoms with E-state index < -0.39 is 0 Å². The normalized spacial score (nSPS) is 48.5. The lowest BCUT2D eigenvalue weighted by Gasteiger charge is -2.27. The molecule has 11 heavy (non-hydrogen) atoms. The number of hydrogen-bond donors (Lipinski definition) is 1. The van der Waals surface area contributed by atoms with Crippen LogP contribution in [0.5, 0.6) is 0 Å². The second kappa shape index (κ2) is 2.48. The molecule has 0 saturated heterocycles. The molecule has 0 aromatic rings. The van der Waals surface area contributed by atoms with Gasteiger partial charge in [0.2, 0.25) is 0 Å². The molecule has 1 heteroatoms. The molecule has 3 unspecified atom stereocenters. The SMILES string of the molecule is CC1CC2(CCO)CCC1C2. The molecule has 2 fully saturated rings. The largest absolute Gasteiger partial charge is 0.396 e. The molecule has 64 valence electrons. The Balaban J connectivity index is 2.05. The molecule has 0 radical (unpaired) electrons. The second-order valence-electron chi connectivity index (χ2n) is 4.66. The summed E-state index contributed by atoms with van der Waals surface area (Å²) in [7, 11) is 0. The first kappa shape index (κ1) is 7.60. The number of aliphatic hydroxyl groups is 1. The highest BCUT2D eigenvalue weighted by atomic mass is 16.3. The van der Waals surface area contributed by atoms with Crippen LogP contribution in [0.1, 0.15) is 39.0 Å². The zero-order valence-electron chi connectivity index (χ0n) is 7.34. The van der Waals surface area contributed by atoms with Crippen molar-refractivity contribution in [3.63, 3.8) is 0 Å². The van der Waals surface area contributed by atoms with Crippen LogP contribution in [-0.2, 0) is 0 Å². The van der Waals surface area contributed by atoms with Crippen molar-refractivity contribution in [3.05, 3.63) is 0 Å². The Morgan fingerprint density at radius 2 is 2.27 bits per heavy atom. The van der Waals surface area contributed by atoms with E-state index in [1.165, 1.54) is 25.7 Å². The van der Waals surface area contributed by atoms with Gasteiger partial charge in [-0.05, 0) is 49.4 Å². The van der Waals surface area contributed by atoms with Crippen LogP contribution >= 0.6 is 0 Å². The van der Waals surface area contributed by atoms with Crippen LogP contribution in [0.2, 0.25) is 0 Å². The van der Waals surface area contributed by atoms with Gasteiger partial charge in [-0.25, -0.2) is 0 Å². The molecule has 2 aliphatic rings. The van der Waals surface area contributed by atoms with Gasteiger partial charge in [0.15, 0.2) is 0 Å². The third-order valence-corrected chi connectivity index (χ3v) is 3.94.